The molecule has 0 spiro atoms. The lowest BCUT2D eigenvalue weighted by atomic mass is 10.2. The second-order valence-corrected chi connectivity index (χ2v) is 5.71. The molecular formula is C19H14F3N5O3. The minimum absolute atomic E-state index is 0.469. The summed E-state index contributed by atoms with van der Waals surface area (Å²) in [6, 6.07) is 13.2. The molecule has 0 atom stereocenters. The number of anilines is 2. The van der Waals surface area contributed by atoms with Gasteiger partial charge in [0.05, 0.1) is 0 Å². The Morgan fingerprint density at radius 2 is 1.80 bits per heavy atom. The number of H-pyrrole nitrogens is 1. The second-order valence-electron chi connectivity index (χ2n) is 5.71. The number of nitrogens with zero attached hydrogens (tertiary/aromatic N) is 3. The summed E-state index contributed by atoms with van der Waals surface area (Å²) in [6.07, 6.45) is 1.88. The Kier molecular flexibility index (Phi) is 6.11. The highest BCUT2D eigenvalue weighted by Crippen LogP contribution is 2.24. The Labute approximate surface area is 167 Å². The van der Waals surface area contributed by atoms with Gasteiger partial charge in [-0.05, 0) is 36.4 Å². The molecule has 3 N–H and O–H groups in total. The van der Waals surface area contributed by atoms with Crippen LogP contribution in [0.2, 0.25) is 0 Å². The van der Waals surface area contributed by atoms with E-state index < -0.39 is 12.1 Å². The van der Waals surface area contributed by atoms with E-state index in [9.17, 15) is 13.2 Å². The van der Waals surface area contributed by atoms with E-state index in [2.05, 4.69) is 25.3 Å². The number of aromatic nitrogens is 4. The van der Waals surface area contributed by atoms with Crippen molar-refractivity contribution in [3.8, 4) is 11.6 Å². The third-order valence-electron chi connectivity index (χ3n) is 3.56. The quantitative estimate of drug-likeness (QED) is 0.447. The van der Waals surface area contributed by atoms with Crippen molar-refractivity contribution < 1.29 is 27.8 Å². The number of hydrogen-bond donors (Lipinski definition) is 3. The maximum Gasteiger partial charge on any atom is 0.490 e. The summed E-state index contributed by atoms with van der Waals surface area (Å²) in [7, 11) is 0. The molecule has 8 nitrogen and oxygen atoms in total. The van der Waals surface area contributed by atoms with E-state index in [4.69, 9.17) is 14.6 Å². The average molecular weight is 417 g/mol. The summed E-state index contributed by atoms with van der Waals surface area (Å²) in [5.74, 6) is -1.08. The fourth-order valence-electron chi connectivity index (χ4n) is 2.24. The normalized spacial score (nSPS) is 10.8. The van der Waals surface area contributed by atoms with Crippen molar-refractivity contribution in [2.45, 2.75) is 6.18 Å². The van der Waals surface area contributed by atoms with Gasteiger partial charge in [0, 0.05) is 47.4 Å². The lowest BCUT2D eigenvalue weighted by molar-refractivity contribution is -0.192. The van der Waals surface area contributed by atoms with Gasteiger partial charge in [-0.2, -0.15) is 18.2 Å². The van der Waals surface area contributed by atoms with Crippen LogP contribution in [0.15, 0.2) is 67.3 Å². The van der Waals surface area contributed by atoms with Crippen molar-refractivity contribution in [3.05, 3.63) is 67.3 Å². The Morgan fingerprint density at radius 1 is 1.07 bits per heavy atom. The van der Waals surface area contributed by atoms with Crippen LogP contribution in [-0.2, 0) is 4.79 Å². The molecular weight excluding hydrogens is 403 g/mol. The Balaban J connectivity index is 0.000000318. The van der Waals surface area contributed by atoms with E-state index >= 15 is 0 Å². The SMILES string of the molecule is O=C(O)C(F)(F)F.c1cc(Nc2nccc(Oc3ccc4[nH]ccc4c3)n2)ccn1. The zero-order valence-electron chi connectivity index (χ0n) is 15.1. The lowest BCUT2D eigenvalue weighted by Crippen LogP contribution is -2.21. The van der Waals surface area contributed by atoms with Gasteiger partial charge in [0.2, 0.25) is 11.8 Å². The van der Waals surface area contributed by atoms with Gasteiger partial charge in [-0.15, -0.1) is 0 Å². The van der Waals surface area contributed by atoms with Gasteiger partial charge in [-0.3, -0.25) is 4.98 Å². The number of carbonyl (C=O) groups is 1. The number of carboxylic acids is 1. The number of aliphatic carboxylic acids is 1. The van der Waals surface area contributed by atoms with Crippen LogP contribution in [0.4, 0.5) is 24.8 Å². The van der Waals surface area contributed by atoms with Crippen LogP contribution < -0.4 is 10.1 Å². The zero-order valence-corrected chi connectivity index (χ0v) is 15.1. The molecule has 4 aromatic rings. The molecule has 154 valence electrons. The number of halogens is 3. The van der Waals surface area contributed by atoms with Gasteiger partial charge >= 0.3 is 12.1 Å². The van der Waals surface area contributed by atoms with Crippen LogP contribution in [0, 0.1) is 0 Å². The third-order valence-corrected chi connectivity index (χ3v) is 3.56. The summed E-state index contributed by atoms with van der Waals surface area (Å²) in [5, 5.41) is 11.3. The molecule has 0 aliphatic rings. The largest absolute Gasteiger partial charge is 0.490 e. The highest BCUT2D eigenvalue weighted by molar-refractivity contribution is 5.80. The van der Waals surface area contributed by atoms with Gasteiger partial charge in [0.25, 0.3) is 0 Å². The van der Waals surface area contributed by atoms with Crippen LogP contribution in [0.25, 0.3) is 10.9 Å². The van der Waals surface area contributed by atoms with Gasteiger partial charge < -0.3 is 20.1 Å². The van der Waals surface area contributed by atoms with E-state index in [-0.39, 0.29) is 0 Å². The molecule has 0 fully saturated rings. The Hall–Kier alpha value is -4.15. The van der Waals surface area contributed by atoms with Crippen LogP contribution in [-0.4, -0.2) is 37.2 Å². The molecule has 0 saturated carbocycles. The molecule has 11 heteroatoms. The van der Waals surface area contributed by atoms with Gasteiger partial charge in [0.15, 0.2) is 0 Å². The number of pyridine rings is 1. The fourth-order valence-corrected chi connectivity index (χ4v) is 2.24. The molecule has 3 heterocycles. The summed E-state index contributed by atoms with van der Waals surface area (Å²) < 4.78 is 37.6. The molecule has 3 aromatic heterocycles. The topological polar surface area (TPSA) is 113 Å². The lowest BCUT2D eigenvalue weighted by Gasteiger charge is -2.07. The smallest absolute Gasteiger partial charge is 0.475 e. The minimum atomic E-state index is -5.08. The number of hydrogen-bond acceptors (Lipinski definition) is 6. The Bertz CT molecular complexity index is 1130. The summed E-state index contributed by atoms with van der Waals surface area (Å²) in [4.78, 5) is 24.6. The molecule has 0 amide bonds. The van der Waals surface area contributed by atoms with E-state index in [0.29, 0.717) is 11.8 Å². The molecule has 0 unspecified atom stereocenters. The van der Waals surface area contributed by atoms with Crippen molar-refractivity contribution >= 4 is 28.5 Å². The molecule has 30 heavy (non-hydrogen) atoms. The first kappa shape index (κ1) is 20.6. The predicted octanol–water partition coefficient (Wildman–Crippen LogP) is 4.52. The first-order valence-electron chi connectivity index (χ1n) is 8.36. The highest BCUT2D eigenvalue weighted by Gasteiger charge is 2.38. The van der Waals surface area contributed by atoms with Crippen molar-refractivity contribution in [2.24, 2.45) is 0 Å². The van der Waals surface area contributed by atoms with E-state index in [1.54, 1.807) is 24.7 Å². The first-order chi connectivity index (χ1) is 14.3. The number of rotatable bonds is 4. The van der Waals surface area contributed by atoms with Gasteiger partial charge in [-0.25, -0.2) is 9.78 Å². The molecule has 4 rings (SSSR count). The summed E-state index contributed by atoms with van der Waals surface area (Å²) >= 11 is 0. The Morgan fingerprint density at radius 3 is 2.50 bits per heavy atom. The van der Waals surface area contributed by atoms with E-state index in [0.717, 1.165) is 22.3 Å². The maximum absolute atomic E-state index is 10.6. The number of carboxylic acid groups (broad SMARTS) is 1. The van der Waals surface area contributed by atoms with Crippen LogP contribution >= 0.6 is 0 Å². The van der Waals surface area contributed by atoms with Crippen LogP contribution in [0.1, 0.15) is 0 Å². The van der Waals surface area contributed by atoms with E-state index in [1.165, 1.54) is 0 Å². The molecule has 0 aliphatic carbocycles. The molecule has 0 aliphatic heterocycles. The zero-order chi connectivity index (χ0) is 21.6. The van der Waals surface area contributed by atoms with Crippen molar-refractivity contribution in [2.75, 3.05) is 5.32 Å². The number of nitrogens with one attached hydrogen (secondary N) is 2. The standard InChI is InChI=1S/C17H13N5O.C2HF3O2/c1-2-15-12(3-9-19-15)11-14(1)23-16-6-10-20-17(22-16)21-13-4-7-18-8-5-13;3-2(4,5)1(6)7/h1-11,19H,(H,18,20,21,22);(H,6,7). The first-order valence-corrected chi connectivity index (χ1v) is 8.36. The van der Waals surface area contributed by atoms with Crippen molar-refractivity contribution in [1.29, 1.82) is 0 Å². The molecule has 1 aromatic carbocycles. The number of alkyl halides is 3. The van der Waals surface area contributed by atoms with Crippen molar-refractivity contribution in [3.63, 3.8) is 0 Å². The predicted molar refractivity (Wildman–Crippen MR) is 102 cm³/mol. The van der Waals surface area contributed by atoms with Crippen molar-refractivity contribution in [1.82, 2.24) is 19.9 Å². The highest BCUT2D eigenvalue weighted by atomic mass is 19.4. The maximum atomic E-state index is 10.6. The number of benzene rings is 1. The summed E-state index contributed by atoms with van der Waals surface area (Å²) in [6.45, 7) is 0. The van der Waals surface area contributed by atoms with Crippen LogP contribution in [0.5, 0.6) is 11.6 Å². The van der Waals surface area contributed by atoms with Gasteiger partial charge in [0.1, 0.15) is 5.75 Å². The fraction of sp³-hybridized carbons (Fsp3) is 0.0526. The summed E-state index contributed by atoms with van der Waals surface area (Å²) in [5.41, 5.74) is 1.94. The number of aromatic amines is 1. The molecule has 0 saturated heterocycles. The number of fused-ring (bicyclic) bond motifs is 1. The minimum Gasteiger partial charge on any atom is -0.475 e. The molecule has 0 bridgehead atoms. The third kappa shape index (κ3) is 5.67. The van der Waals surface area contributed by atoms with E-state index in [1.807, 2.05) is 42.6 Å². The number of ether oxygens (including phenoxy) is 1. The van der Waals surface area contributed by atoms with Crippen LogP contribution in [0.3, 0.4) is 0 Å². The second kappa shape index (κ2) is 8.90. The monoisotopic (exact) mass is 417 g/mol. The molecule has 0 radical (unpaired) electrons. The average Bonchev–Trinajstić information content (AvgIpc) is 3.17. The van der Waals surface area contributed by atoms with Gasteiger partial charge in [-0.1, -0.05) is 0 Å².